The van der Waals surface area contributed by atoms with Gasteiger partial charge in [-0.05, 0) is 18.9 Å². The van der Waals surface area contributed by atoms with Crippen LogP contribution in [-0.4, -0.2) is 5.71 Å². The smallest absolute Gasteiger partial charge is 0.0308 e. The highest BCUT2D eigenvalue weighted by atomic mass is 14.4. The maximum Gasteiger partial charge on any atom is 0.0308 e. The van der Waals surface area contributed by atoms with E-state index in [-0.39, 0.29) is 0 Å². The van der Waals surface area contributed by atoms with Crippen LogP contribution in [0.3, 0.4) is 0 Å². The molecule has 7 heavy (non-hydrogen) atoms. The lowest BCUT2D eigenvalue weighted by Crippen LogP contribution is -1.89. The van der Waals surface area contributed by atoms with Crippen LogP contribution in [0.4, 0.5) is 0 Å². The molecule has 0 unspecified atom stereocenters. The summed E-state index contributed by atoms with van der Waals surface area (Å²) >= 11 is 0. The maximum absolute atomic E-state index is 7.00. The van der Waals surface area contributed by atoms with Gasteiger partial charge in [0, 0.05) is 5.71 Å². The van der Waals surface area contributed by atoms with Crippen LogP contribution in [0.25, 0.3) is 0 Å². The summed E-state index contributed by atoms with van der Waals surface area (Å²) in [5, 5.41) is 7.00. The fourth-order valence-electron chi connectivity index (χ4n) is 0.265. The van der Waals surface area contributed by atoms with Crippen molar-refractivity contribution in [3.8, 4) is 0 Å². The number of hydrogen-bond donors (Lipinski definition) is 1. The number of rotatable bonds is 2. The topological polar surface area (TPSA) is 23.9 Å². The Morgan fingerprint density at radius 1 is 1.71 bits per heavy atom. The number of hydrogen-bond acceptors (Lipinski definition) is 1. The number of nitrogens with one attached hydrogen (secondary N) is 1. The van der Waals surface area contributed by atoms with Crippen LogP contribution >= 0.6 is 0 Å². The van der Waals surface area contributed by atoms with Gasteiger partial charge in [0.15, 0.2) is 0 Å². The highest BCUT2D eigenvalue weighted by Crippen LogP contribution is 1.95. The molecule has 0 aliphatic heterocycles. The van der Waals surface area contributed by atoms with E-state index in [0.717, 1.165) is 12.0 Å². The van der Waals surface area contributed by atoms with Crippen molar-refractivity contribution in [3.63, 3.8) is 0 Å². The molecule has 0 aromatic rings. The summed E-state index contributed by atoms with van der Waals surface area (Å²) in [4.78, 5) is 0. The van der Waals surface area contributed by atoms with Gasteiger partial charge in [-0.1, -0.05) is 13.5 Å². The zero-order valence-electron chi connectivity index (χ0n) is 4.91. The molecule has 0 aliphatic rings. The van der Waals surface area contributed by atoms with E-state index in [1.807, 2.05) is 6.92 Å². The Labute approximate surface area is 44.6 Å². The predicted molar refractivity (Wildman–Crippen MR) is 32.8 cm³/mol. The second kappa shape index (κ2) is 2.56. The van der Waals surface area contributed by atoms with E-state index in [1.165, 1.54) is 0 Å². The van der Waals surface area contributed by atoms with Crippen LogP contribution < -0.4 is 0 Å². The van der Waals surface area contributed by atoms with Crippen LogP contribution in [0.1, 0.15) is 20.3 Å². The van der Waals surface area contributed by atoms with Crippen LogP contribution in [0.5, 0.6) is 0 Å². The third-order valence-corrected chi connectivity index (χ3v) is 0.957. The summed E-state index contributed by atoms with van der Waals surface area (Å²) in [5.41, 5.74) is 1.53. The molecule has 0 fully saturated rings. The van der Waals surface area contributed by atoms with Crippen molar-refractivity contribution >= 4 is 5.71 Å². The Morgan fingerprint density at radius 3 is 2.14 bits per heavy atom. The second-order valence-corrected chi connectivity index (χ2v) is 1.58. The van der Waals surface area contributed by atoms with E-state index in [1.54, 1.807) is 6.92 Å². The minimum absolute atomic E-state index is 0.600. The zero-order valence-corrected chi connectivity index (χ0v) is 4.91. The minimum Gasteiger partial charge on any atom is -0.305 e. The summed E-state index contributed by atoms with van der Waals surface area (Å²) < 4.78 is 0. The number of allylic oxidation sites excluding steroid dienone is 1. The molecule has 40 valence electrons. The molecule has 0 aromatic carbocycles. The third kappa shape index (κ3) is 2.15. The van der Waals surface area contributed by atoms with E-state index in [2.05, 4.69) is 6.58 Å². The van der Waals surface area contributed by atoms with Crippen LogP contribution in [-0.2, 0) is 0 Å². The molecule has 0 rings (SSSR count). The van der Waals surface area contributed by atoms with Crippen molar-refractivity contribution < 1.29 is 0 Å². The fraction of sp³-hybridized carbons (Fsp3) is 0.500. The Bertz CT molecular complexity index is 92.4. The van der Waals surface area contributed by atoms with E-state index in [0.29, 0.717) is 5.71 Å². The molecule has 0 bridgehead atoms. The van der Waals surface area contributed by atoms with Crippen molar-refractivity contribution in [2.24, 2.45) is 0 Å². The Kier molecular flexibility index (Phi) is 2.34. The Hall–Kier alpha value is -0.590. The molecule has 0 saturated carbocycles. The van der Waals surface area contributed by atoms with Gasteiger partial charge in [0.05, 0.1) is 0 Å². The van der Waals surface area contributed by atoms with Gasteiger partial charge >= 0.3 is 0 Å². The molecule has 0 amide bonds. The highest BCUT2D eigenvalue weighted by Gasteiger charge is 1.87. The lowest BCUT2D eigenvalue weighted by molar-refractivity contribution is 1.17. The first-order chi connectivity index (χ1) is 3.18. The van der Waals surface area contributed by atoms with E-state index < -0.39 is 0 Å². The standard InChI is InChI=1S/C6H11N/c1-4-5(2)6(3)7/h7H,2,4H2,1,3H3. The molecule has 1 nitrogen and oxygen atoms in total. The van der Waals surface area contributed by atoms with Crippen molar-refractivity contribution in [1.82, 2.24) is 0 Å². The molecule has 0 radical (unpaired) electrons. The van der Waals surface area contributed by atoms with Gasteiger partial charge in [-0.25, -0.2) is 0 Å². The van der Waals surface area contributed by atoms with Gasteiger partial charge in [-0.3, -0.25) is 0 Å². The minimum atomic E-state index is 0.600. The normalized spacial score (nSPS) is 8.29. The molecular formula is C6H11N. The van der Waals surface area contributed by atoms with Gasteiger partial charge in [0.2, 0.25) is 0 Å². The van der Waals surface area contributed by atoms with Crippen molar-refractivity contribution in [1.29, 1.82) is 5.41 Å². The summed E-state index contributed by atoms with van der Waals surface area (Å²) in [6, 6.07) is 0. The highest BCUT2D eigenvalue weighted by molar-refractivity contribution is 5.94. The van der Waals surface area contributed by atoms with Crippen LogP contribution in [0, 0.1) is 5.41 Å². The van der Waals surface area contributed by atoms with Crippen molar-refractivity contribution in [2.75, 3.05) is 0 Å². The van der Waals surface area contributed by atoms with E-state index in [4.69, 9.17) is 5.41 Å². The van der Waals surface area contributed by atoms with E-state index >= 15 is 0 Å². The maximum atomic E-state index is 7.00. The van der Waals surface area contributed by atoms with Crippen LogP contribution in [0.2, 0.25) is 0 Å². The summed E-state index contributed by atoms with van der Waals surface area (Å²) in [6.07, 6.45) is 0.898. The largest absolute Gasteiger partial charge is 0.305 e. The van der Waals surface area contributed by atoms with E-state index in [9.17, 15) is 0 Å². The average molecular weight is 97.2 g/mol. The van der Waals surface area contributed by atoms with Crippen molar-refractivity contribution in [2.45, 2.75) is 20.3 Å². The second-order valence-electron chi connectivity index (χ2n) is 1.58. The van der Waals surface area contributed by atoms with Crippen LogP contribution in [0.15, 0.2) is 12.2 Å². The van der Waals surface area contributed by atoms with Gasteiger partial charge in [0.25, 0.3) is 0 Å². The summed E-state index contributed by atoms with van der Waals surface area (Å²) in [7, 11) is 0. The molecule has 1 heteroatoms. The summed E-state index contributed by atoms with van der Waals surface area (Å²) in [6.45, 7) is 7.40. The molecule has 0 atom stereocenters. The Morgan fingerprint density at radius 2 is 2.14 bits per heavy atom. The lowest BCUT2D eigenvalue weighted by atomic mass is 10.2. The molecule has 0 spiro atoms. The van der Waals surface area contributed by atoms with Gasteiger partial charge in [-0.15, -0.1) is 0 Å². The molecule has 0 aromatic heterocycles. The van der Waals surface area contributed by atoms with Gasteiger partial charge < -0.3 is 5.41 Å². The monoisotopic (exact) mass is 97.1 g/mol. The lowest BCUT2D eigenvalue weighted by Gasteiger charge is -1.93. The first-order valence-electron chi connectivity index (χ1n) is 2.41. The molecule has 0 saturated heterocycles. The van der Waals surface area contributed by atoms with Gasteiger partial charge in [0.1, 0.15) is 0 Å². The first-order valence-corrected chi connectivity index (χ1v) is 2.41. The molecule has 0 heterocycles. The molecular weight excluding hydrogens is 86.1 g/mol. The summed E-state index contributed by atoms with van der Waals surface area (Å²) in [5.74, 6) is 0. The fourth-order valence-corrected chi connectivity index (χ4v) is 0.265. The zero-order chi connectivity index (χ0) is 5.86. The SMILES string of the molecule is C=C(CC)C(C)=N. The van der Waals surface area contributed by atoms with Crippen molar-refractivity contribution in [3.05, 3.63) is 12.2 Å². The predicted octanol–water partition coefficient (Wildman–Crippen LogP) is 1.99. The average Bonchev–Trinajstić information content (AvgIpc) is 1.65. The molecule has 0 aliphatic carbocycles. The van der Waals surface area contributed by atoms with Gasteiger partial charge in [-0.2, -0.15) is 0 Å². The quantitative estimate of drug-likeness (QED) is 0.509. The third-order valence-electron chi connectivity index (χ3n) is 0.957. The first kappa shape index (κ1) is 6.41. The molecule has 1 N–H and O–H groups in total. The Balaban J connectivity index is 3.58.